The van der Waals surface area contributed by atoms with Crippen LogP contribution in [0.4, 0.5) is 4.39 Å². The van der Waals surface area contributed by atoms with Crippen LogP contribution in [-0.4, -0.2) is 41.1 Å². The van der Waals surface area contributed by atoms with Gasteiger partial charge in [-0.25, -0.2) is 4.39 Å². The number of aromatic nitrogens is 6. The Morgan fingerprint density at radius 1 is 0.562 bits per heavy atom. The molecule has 0 saturated carbocycles. The van der Waals surface area contributed by atoms with Crippen molar-refractivity contribution in [1.29, 1.82) is 0 Å². The fourth-order valence-electron chi connectivity index (χ4n) is 6.77. The molecule has 8 rings (SSSR count). The molecule has 8 aromatic rings. The van der Waals surface area contributed by atoms with Crippen LogP contribution < -0.4 is 9.47 Å². The highest BCUT2D eigenvalue weighted by Gasteiger charge is 2.16. The first kappa shape index (κ1) is 45.4. The van der Waals surface area contributed by atoms with Gasteiger partial charge in [-0.15, -0.1) is 0 Å². The second-order valence-electron chi connectivity index (χ2n) is 15.2. The Balaban J connectivity index is 0.000000191. The maximum atomic E-state index is 14.9. The minimum absolute atomic E-state index is 0.0702. The molecule has 0 spiro atoms. The van der Waals surface area contributed by atoms with Gasteiger partial charge < -0.3 is 9.47 Å². The zero-order chi connectivity index (χ0) is 45.3. The van der Waals surface area contributed by atoms with Crippen LogP contribution in [0.3, 0.4) is 0 Å². The summed E-state index contributed by atoms with van der Waals surface area (Å²) >= 11 is 18.6. The fourth-order valence-corrected chi connectivity index (χ4v) is 7.27. The molecule has 14 heteroatoms. The molecule has 0 radical (unpaired) electrons. The molecule has 4 aromatic carbocycles. The Morgan fingerprint density at radius 2 is 0.969 bits per heavy atom. The van der Waals surface area contributed by atoms with Crippen molar-refractivity contribution in [3.05, 3.63) is 189 Å². The lowest BCUT2D eigenvalue weighted by Gasteiger charge is -2.10. The molecule has 10 nitrogen and oxygen atoms in total. The van der Waals surface area contributed by atoms with Crippen LogP contribution in [0.25, 0.3) is 22.5 Å². The van der Waals surface area contributed by atoms with Crippen molar-refractivity contribution in [2.24, 2.45) is 14.1 Å². The third-order valence-corrected chi connectivity index (χ3v) is 11.2. The molecular formula is C50H42Cl3FN6O4. The molecular weight excluding hydrogens is 874 g/mol. The number of carbonyl (C=O) groups excluding carboxylic acids is 2. The van der Waals surface area contributed by atoms with Crippen LogP contribution in [0, 0.1) is 19.7 Å². The van der Waals surface area contributed by atoms with Crippen molar-refractivity contribution in [3.8, 4) is 45.5 Å². The van der Waals surface area contributed by atoms with E-state index in [1.165, 1.54) is 12.3 Å². The lowest BCUT2D eigenvalue weighted by molar-refractivity contribution is -0.118. The van der Waals surface area contributed by atoms with Crippen LogP contribution in [-0.2, 0) is 49.4 Å². The number of nitrogens with zero attached hydrogens (tertiary/aromatic N) is 6. The van der Waals surface area contributed by atoms with Crippen LogP contribution in [0.5, 0.6) is 23.0 Å². The molecule has 0 aliphatic heterocycles. The number of Topliss-reactive ketones (excluding diaryl/α,β-unsaturated/α-hetero) is 2. The van der Waals surface area contributed by atoms with Crippen molar-refractivity contribution >= 4 is 46.4 Å². The van der Waals surface area contributed by atoms with Crippen molar-refractivity contribution < 1.29 is 23.5 Å². The lowest BCUT2D eigenvalue weighted by Crippen LogP contribution is -2.06. The van der Waals surface area contributed by atoms with Gasteiger partial charge in [0.1, 0.15) is 39.5 Å². The van der Waals surface area contributed by atoms with Gasteiger partial charge in [0, 0.05) is 97.9 Å². The van der Waals surface area contributed by atoms with E-state index in [0.29, 0.717) is 69.3 Å². The Bertz CT molecular complexity index is 2740. The molecule has 0 aliphatic rings. The number of carbonyl (C=O) groups is 2. The average molecular weight is 916 g/mol. The van der Waals surface area contributed by atoms with E-state index in [4.69, 9.17) is 44.3 Å². The summed E-state index contributed by atoms with van der Waals surface area (Å²) in [5, 5.41) is 10.0. The van der Waals surface area contributed by atoms with E-state index in [-0.39, 0.29) is 23.0 Å². The van der Waals surface area contributed by atoms with Gasteiger partial charge in [0.25, 0.3) is 0 Å². The number of ether oxygens (including phenoxy) is 2. The van der Waals surface area contributed by atoms with Crippen LogP contribution in [0.15, 0.2) is 134 Å². The van der Waals surface area contributed by atoms with E-state index >= 15 is 0 Å². The number of rotatable bonds is 14. The minimum atomic E-state index is -0.557. The average Bonchev–Trinajstić information content (AvgIpc) is 3.91. The van der Waals surface area contributed by atoms with Gasteiger partial charge in [0.15, 0.2) is 11.6 Å². The molecule has 0 bridgehead atoms. The lowest BCUT2D eigenvalue weighted by atomic mass is 10.0. The van der Waals surface area contributed by atoms with Crippen molar-refractivity contribution in [2.45, 2.75) is 39.5 Å². The molecule has 4 heterocycles. The summed E-state index contributed by atoms with van der Waals surface area (Å²) in [5.74, 6) is 1.35. The van der Waals surface area contributed by atoms with Gasteiger partial charge in [-0.2, -0.15) is 10.2 Å². The second kappa shape index (κ2) is 20.7. The Labute approximate surface area is 385 Å². The van der Waals surface area contributed by atoms with Gasteiger partial charge in [-0.05, 0) is 83.6 Å². The zero-order valence-corrected chi connectivity index (χ0v) is 37.6. The van der Waals surface area contributed by atoms with Crippen LogP contribution in [0.1, 0.15) is 33.4 Å². The number of halogens is 4. The quantitative estimate of drug-likeness (QED) is 0.106. The molecule has 0 N–H and O–H groups in total. The first-order valence-electron chi connectivity index (χ1n) is 20.1. The predicted molar refractivity (Wildman–Crippen MR) is 248 cm³/mol. The van der Waals surface area contributed by atoms with Gasteiger partial charge in [0.2, 0.25) is 0 Å². The van der Waals surface area contributed by atoms with E-state index in [2.05, 4.69) is 20.2 Å². The second-order valence-corrected chi connectivity index (χ2v) is 16.4. The summed E-state index contributed by atoms with van der Waals surface area (Å²) in [6.07, 6.45) is 11.3. The molecule has 4 aromatic heterocycles. The number of benzene rings is 4. The van der Waals surface area contributed by atoms with E-state index < -0.39 is 5.82 Å². The number of ketones is 2. The maximum Gasteiger partial charge on any atom is 0.192 e. The standard InChI is InChI=1S/C25H21Cl2N3O2.C25H21ClFN3O2/c2*1-16-11-18(5-8-22(16)26)13-20(31)12-17-3-6-21(7-4-17)32-23-9-10-28-25(24(23)27)19-14-29-30(2)15-19/h2*3-11,14-15H,12-13H2,1-2H3. The van der Waals surface area contributed by atoms with E-state index in [9.17, 15) is 14.0 Å². The minimum Gasteiger partial charge on any atom is -0.456 e. The molecule has 64 heavy (non-hydrogen) atoms. The number of aryl methyl sites for hydroxylation is 4. The molecule has 324 valence electrons. The SMILES string of the molecule is Cc1cc(CC(=O)Cc2ccc(Oc3ccnc(-c4cnn(C)c4)c3Cl)cc2)ccc1Cl.Cc1cc(CC(=O)Cc2ccc(Oc3ccnc(-c4cnn(C)c4)c3F)cc2)ccc1Cl. The van der Waals surface area contributed by atoms with Gasteiger partial charge in [-0.3, -0.25) is 28.9 Å². The maximum absolute atomic E-state index is 14.9. The highest BCUT2D eigenvalue weighted by atomic mass is 35.5. The topological polar surface area (TPSA) is 114 Å². The smallest absolute Gasteiger partial charge is 0.192 e. The van der Waals surface area contributed by atoms with Crippen molar-refractivity contribution in [3.63, 3.8) is 0 Å². The third kappa shape index (κ3) is 11.9. The fraction of sp³-hybridized carbons (Fsp3) is 0.160. The summed E-state index contributed by atoms with van der Waals surface area (Å²) in [6, 6.07) is 29.0. The molecule has 0 fully saturated rings. The Kier molecular flexibility index (Phi) is 14.7. The van der Waals surface area contributed by atoms with Crippen LogP contribution in [0.2, 0.25) is 15.1 Å². The number of hydrogen-bond donors (Lipinski definition) is 0. The van der Waals surface area contributed by atoms with E-state index in [0.717, 1.165) is 38.9 Å². The normalized spacial score (nSPS) is 10.9. The highest BCUT2D eigenvalue weighted by Crippen LogP contribution is 2.36. The first-order chi connectivity index (χ1) is 30.8. The first-order valence-corrected chi connectivity index (χ1v) is 21.3. The van der Waals surface area contributed by atoms with E-state index in [1.807, 2.05) is 99.9 Å². The zero-order valence-electron chi connectivity index (χ0n) is 35.4. The van der Waals surface area contributed by atoms with Crippen LogP contribution >= 0.6 is 34.8 Å². The largest absolute Gasteiger partial charge is 0.456 e. The molecule has 0 saturated heterocycles. The summed E-state index contributed by atoms with van der Waals surface area (Å²) in [7, 11) is 3.59. The highest BCUT2D eigenvalue weighted by molar-refractivity contribution is 6.34. The number of hydrogen-bond acceptors (Lipinski definition) is 8. The molecule has 0 atom stereocenters. The van der Waals surface area contributed by atoms with Crippen molar-refractivity contribution in [2.75, 3.05) is 0 Å². The van der Waals surface area contributed by atoms with E-state index in [1.54, 1.807) is 59.4 Å². The predicted octanol–water partition coefficient (Wildman–Crippen LogP) is 12.0. The Hall–Kier alpha value is -6.66. The Morgan fingerprint density at radius 3 is 1.42 bits per heavy atom. The summed E-state index contributed by atoms with van der Waals surface area (Å²) in [4.78, 5) is 33.4. The molecule has 0 aliphatic carbocycles. The van der Waals surface area contributed by atoms with Crippen molar-refractivity contribution in [1.82, 2.24) is 29.5 Å². The van der Waals surface area contributed by atoms with Gasteiger partial charge in [-0.1, -0.05) is 83.3 Å². The molecule has 0 amide bonds. The number of pyridine rings is 2. The summed E-state index contributed by atoms with van der Waals surface area (Å²) < 4.78 is 29.8. The van der Waals surface area contributed by atoms with Gasteiger partial charge in [0.05, 0.1) is 18.1 Å². The monoisotopic (exact) mass is 914 g/mol. The third-order valence-electron chi connectivity index (χ3n) is 10.0. The molecule has 0 unspecified atom stereocenters. The summed E-state index contributed by atoms with van der Waals surface area (Å²) in [6.45, 7) is 3.85. The summed E-state index contributed by atoms with van der Waals surface area (Å²) in [5.41, 5.74) is 7.78. The van der Waals surface area contributed by atoms with Gasteiger partial charge >= 0.3 is 0 Å².